The normalized spacial score (nSPS) is 10.4. The zero-order valence-corrected chi connectivity index (χ0v) is 13.7. The third-order valence-corrected chi connectivity index (χ3v) is 3.33. The first-order valence-corrected chi connectivity index (χ1v) is 7.59. The highest BCUT2D eigenvalue weighted by molar-refractivity contribution is 5.91. The van der Waals surface area contributed by atoms with E-state index < -0.39 is 0 Å². The molecule has 0 spiro atoms. The second kappa shape index (κ2) is 7.58. The Morgan fingerprint density at radius 2 is 1.83 bits per heavy atom. The largest absolute Gasteiger partial charge is 0.508 e. The van der Waals surface area contributed by atoms with E-state index in [4.69, 9.17) is 0 Å². The van der Waals surface area contributed by atoms with Gasteiger partial charge in [-0.25, -0.2) is 9.97 Å². The molecule has 1 amide bonds. The van der Waals surface area contributed by atoms with Crippen molar-refractivity contribution >= 4 is 17.5 Å². The Hall–Kier alpha value is -2.63. The predicted octanol–water partition coefficient (Wildman–Crippen LogP) is 2.94. The fraction of sp³-hybridized carbons (Fsp3) is 0.353. The topological polar surface area (TPSA) is 87.1 Å². The number of benzene rings is 1. The van der Waals surface area contributed by atoms with E-state index in [1.165, 1.54) is 0 Å². The number of carbonyl (C=O) groups is 1. The van der Waals surface area contributed by atoms with Crippen LogP contribution >= 0.6 is 0 Å². The molecule has 0 fully saturated rings. The molecule has 1 aromatic heterocycles. The van der Waals surface area contributed by atoms with E-state index in [1.807, 2.05) is 26.8 Å². The Morgan fingerprint density at radius 1 is 1.13 bits per heavy atom. The summed E-state index contributed by atoms with van der Waals surface area (Å²) in [6, 6.07) is 6.79. The number of phenols is 1. The third kappa shape index (κ3) is 5.25. The molecule has 1 heterocycles. The van der Waals surface area contributed by atoms with Gasteiger partial charge in [0.25, 0.3) is 0 Å². The van der Waals surface area contributed by atoms with Gasteiger partial charge in [0.15, 0.2) is 0 Å². The molecule has 0 saturated heterocycles. The van der Waals surface area contributed by atoms with Gasteiger partial charge in [-0.2, -0.15) is 0 Å². The van der Waals surface area contributed by atoms with Gasteiger partial charge in [0, 0.05) is 30.0 Å². The molecule has 0 bridgehead atoms. The van der Waals surface area contributed by atoms with E-state index in [0.717, 1.165) is 22.6 Å². The zero-order chi connectivity index (χ0) is 16.8. The summed E-state index contributed by atoms with van der Waals surface area (Å²) in [4.78, 5) is 20.5. The first-order valence-electron chi connectivity index (χ1n) is 7.59. The van der Waals surface area contributed by atoms with Crippen molar-refractivity contribution in [3.8, 4) is 5.75 Å². The number of rotatable bonds is 6. The number of hydrogen-bond donors (Lipinski definition) is 3. The number of aromatic nitrogens is 2. The molecule has 122 valence electrons. The monoisotopic (exact) mass is 314 g/mol. The van der Waals surface area contributed by atoms with Crippen molar-refractivity contribution in [1.82, 2.24) is 9.97 Å². The summed E-state index contributed by atoms with van der Waals surface area (Å²) in [5.41, 5.74) is 3.39. The standard InChI is InChI=1S/C17H22N4O2/c1-11-9-14(22)6-7-15(11)21-16(23)5-4-8-18-17-19-12(2)10-13(3)20-17/h6-7,9-10,22H,4-5,8H2,1-3H3,(H,21,23)(H,18,19,20). The maximum absolute atomic E-state index is 11.9. The van der Waals surface area contributed by atoms with Gasteiger partial charge in [-0.1, -0.05) is 0 Å². The summed E-state index contributed by atoms with van der Waals surface area (Å²) >= 11 is 0. The fourth-order valence-electron chi connectivity index (χ4n) is 2.25. The van der Waals surface area contributed by atoms with Gasteiger partial charge in [-0.05, 0) is 57.0 Å². The summed E-state index contributed by atoms with van der Waals surface area (Å²) < 4.78 is 0. The Labute approximate surface area is 136 Å². The van der Waals surface area contributed by atoms with Gasteiger partial charge in [0.2, 0.25) is 11.9 Å². The van der Waals surface area contributed by atoms with Gasteiger partial charge in [0.05, 0.1) is 0 Å². The molecular formula is C17H22N4O2. The van der Waals surface area contributed by atoms with Crippen LogP contribution in [0, 0.1) is 20.8 Å². The van der Waals surface area contributed by atoms with Crippen LogP contribution in [0.1, 0.15) is 29.8 Å². The van der Waals surface area contributed by atoms with E-state index in [1.54, 1.807) is 18.2 Å². The average molecular weight is 314 g/mol. The number of carbonyl (C=O) groups excluding carboxylic acids is 1. The SMILES string of the molecule is Cc1cc(C)nc(NCCCC(=O)Nc2ccc(O)cc2C)n1. The molecule has 0 unspecified atom stereocenters. The number of nitrogens with one attached hydrogen (secondary N) is 2. The quantitative estimate of drug-likeness (QED) is 0.563. The molecule has 0 aliphatic carbocycles. The molecule has 2 aromatic rings. The summed E-state index contributed by atoms with van der Waals surface area (Å²) in [5, 5.41) is 15.3. The molecule has 2 rings (SSSR count). The molecule has 6 heteroatoms. The number of phenolic OH excluding ortho intramolecular Hbond substituents is 1. The van der Waals surface area contributed by atoms with E-state index in [-0.39, 0.29) is 11.7 Å². The second-order valence-electron chi connectivity index (χ2n) is 5.55. The maximum Gasteiger partial charge on any atom is 0.224 e. The minimum absolute atomic E-state index is 0.0538. The fourth-order valence-corrected chi connectivity index (χ4v) is 2.25. The molecule has 23 heavy (non-hydrogen) atoms. The maximum atomic E-state index is 11.9. The third-order valence-electron chi connectivity index (χ3n) is 3.33. The highest BCUT2D eigenvalue weighted by atomic mass is 16.3. The number of aryl methyl sites for hydroxylation is 3. The Morgan fingerprint density at radius 3 is 2.48 bits per heavy atom. The van der Waals surface area contributed by atoms with Crippen LogP contribution in [0.15, 0.2) is 24.3 Å². The summed E-state index contributed by atoms with van der Waals surface area (Å²) in [6.07, 6.45) is 1.08. The number of nitrogens with zero attached hydrogens (tertiary/aromatic N) is 2. The summed E-state index contributed by atoms with van der Waals surface area (Å²) in [6.45, 7) is 6.32. The zero-order valence-electron chi connectivity index (χ0n) is 13.7. The van der Waals surface area contributed by atoms with Crippen LogP contribution in [0.4, 0.5) is 11.6 Å². The van der Waals surface area contributed by atoms with Crippen LogP contribution in [0.25, 0.3) is 0 Å². The molecule has 3 N–H and O–H groups in total. The lowest BCUT2D eigenvalue weighted by molar-refractivity contribution is -0.116. The van der Waals surface area contributed by atoms with Crippen molar-refractivity contribution in [1.29, 1.82) is 0 Å². The Kier molecular flexibility index (Phi) is 5.51. The summed E-state index contributed by atoms with van der Waals surface area (Å²) in [7, 11) is 0. The lowest BCUT2D eigenvalue weighted by atomic mass is 10.2. The minimum atomic E-state index is -0.0538. The lowest BCUT2D eigenvalue weighted by Gasteiger charge is -2.09. The second-order valence-corrected chi connectivity index (χ2v) is 5.55. The van der Waals surface area contributed by atoms with Gasteiger partial charge in [-0.3, -0.25) is 4.79 Å². The molecule has 0 aliphatic rings. The van der Waals surface area contributed by atoms with Crippen LogP contribution in [0.5, 0.6) is 5.75 Å². The smallest absolute Gasteiger partial charge is 0.224 e. The number of hydrogen-bond acceptors (Lipinski definition) is 5. The predicted molar refractivity (Wildman–Crippen MR) is 90.7 cm³/mol. The Bertz CT molecular complexity index is 681. The van der Waals surface area contributed by atoms with Crippen molar-refractivity contribution in [2.75, 3.05) is 17.2 Å². The Balaban J connectivity index is 1.76. The minimum Gasteiger partial charge on any atom is -0.508 e. The first-order chi connectivity index (χ1) is 10.9. The van der Waals surface area contributed by atoms with Crippen molar-refractivity contribution in [3.05, 3.63) is 41.2 Å². The van der Waals surface area contributed by atoms with Crippen molar-refractivity contribution < 1.29 is 9.90 Å². The number of aromatic hydroxyl groups is 1. The molecule has 0 radical (unpaired) electrons. The van der Waals surface area contributed by atoms with Crippen LogP contribution in [0.2, 0.25) is 0 Å². The van der Waals surface area contributed by atoms with Crippen LogP contribution < -0.4 is 10.6 Å². The molecular weight excluding hydrogens is 292 g/mol. The average Bonchev–Trinajstić information content (AvgIpc) is 2.46. The number of amides is 1. The number of anilines is 2. The van der Waals surface area contributed by atoms with Gasteiger partial charge >= 0.3 is 0 Å². The van der Waals surface area contributed by atoms with Crippen LogP contribution in [0.3, 0.4) is 0 Å². The highest BCUT2D eigenvalue weighted by Gasteiger charge is 2.06. The highest BCUT2D eigenvalue weighted by Crippen LogP contribution is 2.20. The van der Waals surface area contributed by atoms with E-state index in [0.29, 0.717) is 25.3 Å². The van der Waals surface area contributed by atoms with Crippen molar-refractivity contribution in [2.45, 2.75) is 33.6 Å². The van der Waals surface area contributed by atoms with Gasteiger partial charge in [0.1, 0.15) is 5.75 Å². The molecule has 1 aromatic carbocycles. The molecule has 6 nitrogen and oxygen atoms in total. The lowest BCUT2D eigenvalue weighted by Crippen LogP contribution is -2.14. The molecule has 0 aliphatic heterocycles. The van der Waals surface area contributed by atoms with Gasteiger partial charge in [-0.15, -0.1) is 0 Å². The van der Waals surface area contributed by atoms with Crippen molar-refractivity contribution in [3.63, 3.8) is 0 Å². The molecule has 0 atom stereocenters. The van der Waals surface area contributed by atoms with Crippen molar-refractivity contribution in [2.24, 2.45) is 0 Å². The first kappa shape index (κ1) is 16.7. The van der Waals surface area contributed by atoms with E-state index >= 15 is 0 Å². The van der Waals surface area contributed by atoms with E-state index in [9.17, 15) is 9.90 Å². The van der Waals surface area contributed by atoms with Gasteiger partial charge < -0.3 is 15.7 Å². The molecule has 0 saturated carbocycles. The summed E-state index contributed by atoms with van der Waals surface area (Å²) in [5.74, 6) is 0.734. The van der Waals surface area contributed by atoms with Crippen LogP contribution in [-0.2, 0) is 4.79 Å². The van der Waals surface area contributed by atoms with E-state index in [2.05, 4.69) is 20.6 Å². The van der Waals surface area contributed by atoms with Crippen LogP contribution in [-0.4, -0.2) is 27.5 Å².